The highest BCUT2D eigenvalue weighted by Gasteiger charge is 2.30. The summed E-state index contributed by atoms with van der Waals surface area (Å²) in [5.74, 6) is -1.97. The Morgan fingerprint density at radius 3 is 2.32 bits per heavy atom. The molecule has 8 heteroatoms. The van der Waals surface area contributed by atoms with Crippen LogP contribution in [0.4, 0.5) is 0 Å². The smallest absolute Gasteiger partial charge is 0.326 e. The number of fused-ring (bicyclic) bond motifs is 1. The van der Waals surface area contributed by atoms with Crippen LogP contribution in [0.3, 0.4) is 0 Å². The first kappa shape index (κ1) is 24.4. The van der Waals surface area contributed by atoms with Crippen molar-refractivity contribution in [3.63, 3.8) is 0 Å². The van der Waals surface area contributed by atoms with Crippen molar-refractivity contribution >= 4 is 28.7 Å². The second kappa shape index (κ2) is 10.9. The van der Waals surface area contributed by atoms with Gasteiger partial charge in [0.1, 0.15) is 12.1 Å². The Balaban J connectivity index is 2.14. The zero-order valence-corrected chi connectivity index (χ0v) is 18.6. The summed E-state index contributed by atoms with van der Waals surface area (Å²) in [4.78, 5) is 40.5. The van der Waals surface area contributed by atoms with Crippen molar-refractivity contribution in [1.29, 1.82) is 0 Å². The highest BCUT2D eigenvalue weighted by molar-refractivity contribution is 5.92. The number of carboxylic acids is 1. The number of para-hydroxylation sites is 1. The fraction of sp³-hybridized carbons (Fsp3) is 0.522. The van der Waals surface area contributed by atoms with Crippen LogP contribution in [0.1, 0.15) is 46.1 Å². The van der Waals surface area contributed by atoms with Crippen LogP contribution >= 0.6 is 0 Å². The second-order valence-corrected chi connectivity index (χ2v) is 8.57. The minimum absolute atomic E-state index is 0.0311. The molecule has 8 nitrogen and oxygen atoms in total. The largest absolute Gasteiger partial charge is 0.480 e. The molecule has 2 amide bonds. The summed E-state index contributed by atoms with van der Waals surface area (Å²) in [5, 5.41) is 15.9. The van der Waals surface area contributed by atoms with E-state index in [2.05, 4.69) is 15.6 Å². The summed E-state index contributed by atoms with van der Waals surface area (Å²) in [6.07, 6.45) is 3.00. The Morgan fingerprint density at radius 1 is 1.06 bits per heavy atom. The van der Waals surface area contributed by atoms with E-state index in [4.69, 9.17) is 5.73 Å². The fourth-order valence-electron chi connectivity index (χ4n) is 3.48. The van der Waals surface area contributed by atoms with Crippen LogP contribution in [0.25, 0.3) is 10.9 Å². The van der Waals surface area contributed by atoms with Crippen LogP contribution in [0.5, 0.6) is 0 Å². The van der Waals surface area contributed by atoms with Crippen LogP contribution < -0.4 is 16.4 Å². The first-order valence-corrected chi connectivity index (χ1v) is 10.8. The monoisotopic (exact) mass is 430 g/mol. The number of carboxylic acid groups (broad SMARTS) is 1. The highest BCUT2D eigenvalue weighted by Crippen LogP contribution is 2.19. The van der Waals surface area contributed by atoms with E-state index in [1.807, 2.05) is 52.0 Å². The number of carbonyl (C=O) groups excluding carboxylic acids is 2. The summed E-state index contributed by atoms with van der Waals surface area (Å²) in [6, 6.07) is 4.87. The van der Waals surface area contributed by atoms with Gasteiger partial charge in [-0.25, -0.2) is 4.79 Å². The summed E-state index contributed by atoms with van der Waals surface area (Å²) >= 11 is 0. The lowest BCUT2D eigenvalue weighted by Crippen LogP contribution is -2.56. The lowest BCUT2D eigenvalue weighted by atomic mass is 9.97. The number of aromatic amines is 1. The zero-order chi connectivity index (χ0) is 23.1. The minimum atomic E-state index is -1.13. The van der Waals surface area contributed by atoms with Crippen LogP contribution in [0.2, 0.25) is 0 Å². The molecule has 31 heavy (non-hydrogen) atoms. The number of hydrogen-bond acceptors (Lipinski definition) is 4. The quantitative estimate of drug-likeness (QED) is 0.372. The number of rotatable bonds is 11. The SMILES string of the molecule is CC[C@H](C)[C@H](N)C(=O)N[C@@H](CC(C)C)C(=O)N[C@@H](Cc1c[nH]c2ccccc12)C(=O)O. The maximum atomic E-state index is 12.9. The predicted octanol–water partition coefficient (Wildman–Crippen LogP) is 2.18. The van der Waals surface area contributed by atoms with E-state index >= 15 is 0 Å². The maximum Gasteiger partial charge on any atom is 0.326 e. The minimum Gasteiger partial charge on any atom is -0.480 e. The van der Waals surface area contributed by atoms with E-state index in [1.165, 1.54) is 0 Å². The molecule has 0 aliphatic heterocycles. The van der Waals surface area contributed by atoms with Crippen LogP contribution in [-0.2, 0) is 20.8 Å². The van der Waals surface area contributed by atoms with Gasteiger partial charge in [0.25, 0.3) is 0 Å². The molecular weight excluding hydrogens is 396 g/mol. The standard InChI is InChI=1S/C23H34N4O4/c1-5-14(4)20(24)22(29)26-18(10-13(2)3)21(28)27-19(23(30)31)11-15-12-25-17-9-7-6-8-16(15)17/h6-9,12-14,18-20,25H,5,10-11,24H2,1-4H3,(H,26,29)(H,27,28)(H,30,31)/t14-,18-,19-,20-/m0/s1. The van der Waals surface area contributed by atoms with Gasteiger partial charge in [0.2, 0.25) is 11.8 Å². The van der Waals surface area contributed by atoms with Gasteiger partial charge in [-0.2, -0.15) is 0 Å². The van der Waals surface area contributed by atoms with Gasteiger partial charge in [0.05, 0.1) is 6.04 Å². The second-order valence-electron chi connectivity index (χ2n) is 8.57. The molecule has 2 rings (SSSR count). The van der Waals surface area contributed by atoms with Gasteiger partial charge in [0.15, 0.2) is 0 Å². The van der Waals surface area contributed by atoms with Gasteiger partial charge in [-0.1, -0.05) is 52.3 Å². The highest BCUT2D eigenvalue weighted by atomic mass is 16.4. The molecule has 0 spiro atoms. The van der Waals surface area contributed by atoms with E-state index in [0.717, 1.165) is 22.9 Å². The normalized spacial score (nSPS) is 15.3. The Morgan fingerprint density at radius 2 is 1.71 bits per heavy atom. The third kappa shape index (κ3) is 6.55. The maximum absolute atomic E-state index is 12.9. The van der Waals surface area contributed by atoms with E-state index in [-0.39, 0.29) is 18.3 Å². The summed E-state index contributed by atoms with van der Waals surface area (Å²) in [7, 11) is 0. The lowest BCUT2D eigenvalue weighted by Gasteiger charge is -2.25. The van der Waals surface area contributed by atoms with Gasteiger partial charge < -0.3 is 26.5 Å². The Bertz CT molecular complexity index is 908. The Hall–Kier alpha value is -2.87. The average molecular weight is 431 g/mol. The Kier molecular flexibility index (Phi) is 8.62. The van der Waals surface area contributed by atoms with Crippen molar-refractivity contribution < 1.29 is 19.5 Å². The first-order valence-electron chi connectivity index (χ1n) is 10.8. The lowest BCUT2D eigenvalue weighted by molar-refractivity contribution is -0.142. The number of benzene rings is 1. The van der Waals surface area contributed by atoms with Gasteiger partial charge in [-0.15, -0.1) is 0 Å². The van der Waals surface area contributed by atoms with E-state index in [9.17, 15) is 19.5 Å². The molecule has 0 saturated carbocycles. The molecule has 4 atom stereocenters. The Labute approximate surface area is 183 Å². The molecule has 1 aromatic carbocycles. The molecule has 0 radical (unpaired) electrons. The van der Waals surface area contributed by atoms with Crippen molar-refractivity contribution in [3.8, 4) is 0 Å². The van der Waals surface area contributed by atoms with Crippen molar-refractivity contribution in [3.05, 3.63) is 36.0 Å². The summed E-state index contributed by atoms with van der Waals surface area (Å²) in [6.45, 7) is 7.69. The number of nitrogens with one attached hydrogen (secondary N) is 3. The third-order valence-electron chi connectivity index (χ3n) is 5.61. The molecule has 0 aliphatic carbocycles. The van der Waals surface area contributed by atoms with E-state index in [0.29, 0.717) is 6.42 Å². The molecule has 0 fully saturated rings. The fourth-order valence-corrected chi connectivity index (χ4v) is 3.48. The van der Waals surface area contributed by atoms with E-state index in [1.54, 1.807) is 6.20 Å². The van der Waals surface area contributed by atoms with E-state index < -0.39 is 35.9 Å². The molecule has 1 aromatic heterocycles. The molecule has 1 heterocycles. The number of aliphatic carboxylic acids is 1. The van der Waals surface area contributed by atoms with Gasteiger partial charge in [-0.3, -0.25) is 9.59 Å². The number of hydrogen-bond donors (Lipinski definition) is 5. The number of H-pyrrole nitrogens is 1. The summed E-state index contributed by atoms with van der Waals surface area (Å²) < 4.78 is 0. The first-order chi connectivity index (χ1) is 14.6. The van der Waals surface area contributed by atoms with Crippen LogP contribution in [0, 0.1) is 11.8 Å². The number of nitrogens with two attached hydrogens (primary N) is 1. The molecule has 6 N–H and O–H groups in total. The van der Waals surface area contributed by atoms with Gasteiger partial charge >= 0.3 is 5.97 Å². The van der Waals surface area contributed by atoms with Gasteiger partial charge in [-0.05, 0) is 29.9 Å². The predicted molar refractivity (Wildman–Crippen MR) is 120 cm³/mol. The average Bonchev–Trinajstić information content (AvgIpc) is 3.13. The molecule has 170 valence electrons. The molecular formula is C23H34N4O4. The molecule has 0 bridgehead atoms. The van der Waals surface area contributed by atoms with Gasteiger partial charge in [0, 0.05) is 23.5 Å². The van der Waals surface area contributed by atoms with Crippen LogP contribution in [-0.4, -0.2) is 46.0 Å². The number of amides is 2. The number of carbonyl (C=O) groups is 3. The van der Waals surface area contributed by atoms with Crippen LogP contribution in [0.15, 0.2) is 30.5 Å². The van der Waals surface area contributed by atoms with Crippen molar-refractivity contribution in [2.75, 3.05) is 0 Å². The molecule has 2 aromatic rings. The molecule has 0 aliphatic rings. The molecule has 0 unspecified atom stereocenters. The molecule has 0 saturated heterocycles. The topological polar surface area (TPSA) is 137 Å². The zero-order valence-electron chi connectivity index (χ0n) is 18.6. The number of aromatic nitrogens is 1. The summed E-state index contributed by atoms with van der Waals surface area (Å²) in [5.41, 5.74) is 7.70. The van der Waals surface area contributed by atoms with Crippen molar-refractivity contribution in [2.24, 2.45) is 17.6 Å². The third-order valence-corrected chi connectivity index (χ3v) is 5.61. The van der Waals surface area contributed by atoms with Crippen molar-refractivity contribution in [2.45, 2.75) is 65.1 Å². The van der Waals surface area contributed by atoms with Crippen molar-refractivity contribution in [1.82, 2.24) is 15.6 Å².